The first-order valence-electron chi connectivity index (χ1n) is 10.2. The second-order valence-electron chi connectivity index (χ2n) is 7.17. The molecule has 0 fully saturated rings. The summed E-state index contributed by atoms with van der Waals surface area (Å²) in [6.45, 7) is 4.57. The predicted octanol–water partition coefficient (Wildman–Crippen LogP) is 3.48. The maximum atomic E-state index is 13.0. The smallest absolute Gasteiger partial charge is 0.295 e. The zero-order valence-corrected chi connectivity index (χ0v) is 19.7. The molecule has 3 aromatic heterocycles. The number of hydrogen-bond acceptors (Lipinski definition) is 6. The van der Waals surface area contributed by atoms with Gasteiger partial charge in [0, 0.05) is 24.9 Å². The summed E-state index contributed by atoms with van der Waals surface area (Å²) in [5.74, 6) is 0.755. The Bertz CT molecular complexity index is 1270. The van der Waals surface area contributed by atoms with Crippen molar-refractivity contribution in [3.8, 4) is 5.69 Å². The number of rotatable bonds is 8. The van der Waals surface area contributed by atoms with Gasteiger partial charge in [0.1, 0.15) is 11.5 Å². The Kier molecular flexibility index (Phi) is 6.61. The van der Waals surface area contributed by atoms with E-state index in [2.05, 4.69) is 21.6 Å². The minimum absolute atomic E-state index is 0.135. The lowest BCUT2D eigenvalue weighted by Gasteiger charge is -2.07. The third-order valence-corrected chi connectivity index (χ3v) is 7.02. The predicted molar refractivity (Wildman–Crippen MR) is 128 cm³/mol. The number of thioether (sulfide) groups is 1. The van der Waals surface area contributed by atoms with Gasteiger partial charge < -0.3 is 9.88 Å². The maximum Gasteiger partial charge on any atom is 0.295 e. The molecule has 0 saturated carbocycles. The van der Waals surface area contributed by atoms with E-state index in [9.17, 15) is 9.59 Å². The Labute approximate surface area is 193 Å². The third-order valence-electron chi connectivity index (χ3n) is 5.17. The quantitative estimate of drug-likeness (QED) is 0.400. The number of thiophene rings is 1. The molecule has 1 aromatic carbocycles. The molecule has 32 heavy (non-hydrogen) atoms. The molecule has 0 spiro atoms. The standard InChI is InChI=1S/C22H24N6O2S2/c1-4-27-18(13-17-11-8-12-31-17)24-25-22(27)32-14-19(29)23-20-15(2)26(3)28(21(20)30)16-9-6-5-7-10-16/h5-12H,4,13-14H2,1-3H3,(H,23,29). The van der Waals surface area contributed by atoms with Crippen molar-refractivity contribution in [2.24, 2.45) is 7.05 Å². The van der Waals surface area contributed by atoms with E-state index in [1.807, 2.05) is 60.2 Å². The van der Waals surface area contributed by atoms with E-state index in [4.69, 9.17) is 0 Å². The van der Waals surface area contributed by atoms with Crippen molar-refractivity contribution in [1.82, 2.24) is 24.1 Å². The van der Waals surface area contributed by atoms with Crippen LogP contribution >= 0.6 is 23.1 Å². The summed E-state index contributed by atoms with van der Waals surface area (Å²) in [7, 11) is 1.80. The molecular formula is C22H24N6O2S2. The first-order chi connectivity index (χ1) is 15.5. The van der Waals surface area contributed by atoms with E-state index in [1.165, 1.54) is 16.6 Å². The summed E-state index contributed by atoms with van der Waals surface area (Å²) in [6, 6.07) is 13.4. The van der Waals surface area contributed by atoms with E-state index in [1.54, 1.807) is 27.7 Å². The Morgan fingerprint density at radius 1 is 1.16 bits per heavy atom. The molecule has 10 heteroatoms. The van der Waals surface area contributed by atoms with Crippen molar-refractivity contribution in [3.05, 3.63) is 74.6 Å². The van der Waals surface area contributed by atoms with Gasteiger partial charge in [-0.25, -0.2) is 4.68 Å². The fourth-order valence-electron chi connectivity index (χ4n) is 3.46. The normalized spacial score (nSPS) is 11.1. The lowest BCUT2D eigenvalue weighted by molar-refractivity contribution is -0.113. The first kappa shape index (κ1) is 22.1. The van der Waals surface area contributed by atoms with Crippen LogP contribution < -0.4 is 10.9 Å². The number of hydrogen-bond donors (Lipinski definition) is 1. The number of nitrogens with one attached hydrogen (secondary N) is 1. The number of anilines is 1. The highest BCUT2D eigenvalue weighted by atomic mass is 32.2. The van der Waals surface area contributed by atoms with Gasteiger partial charge in [-0.05, 0) is 37.4 Å². The highest BCUT2D eigenvalue weighted by Gasteiger charge is 2.19. The summed E-state index contributed by atoms with van der Waals surface area (Å²) in [5, 5.41) is 14.1. The minimum Gasteiger partial charge on any atom is -0.319 e. The van der Waals surface area contributed by atoms with Gasteiger partial charge in [0.2, 0.25) is 5.91 Å². The molecule has 0 aliphatic rings. The van der Waals surface area contributed by atoms with Gasteiger partial charge in [-0.15, -0.1) is 21.5 Å². The highest BCUT2D eigenvalue weighted by Crippen LogP contribution is 2.21. The Hall–Kier alpha value is -3.11. The lowest BCUT2D eigenvalue weighted by atomic mass is 10.3. The summed E-state index contributed by atoms with van der Waals surface area (Å²) in [5.41, 5.74) is 1.46. The van der Waals surface area contributed by atoms with Crippen LogP contribution in [0.4, 0.5) is 5.69 Å². The average molecular weight is 469 g/mol. The van der Waals surface area contributed by atoms with Gasteiger partial charge in [-0.2, -0.15) is 0 Å². The molecule has 3 heterocycles. The van der Waals surface area contributed by atoms with Crippen molar-refractivity contribution in [2.75, 3.05) is 11.1 Å². The van der Waals surface area contributed by atoms with Crippen LogP contribution in [0.15, 0.2) is 57.8 Å². The van der Waals surface area contributed by atoms with Crippen LogP contribution in [0.25, 0.3) is 5.69 Å². The summed E-state index contributed by atoms with van der Waals surface area (Å²) in [6.07, 6.45) is 0.716. The topological polar surface area (TPSA) is 86.7 Å². The molecule has 0 unspecified atom stereocenters. The number of amides is 1. The van der Waals surface area contributed by atoms with Gasteiger partial charge in [0.15, 0.2) is 5.16 Å². The van der Waals surface area contributed by atoms with E-state index in [0.29, 0.717) is 17.3 Å². The van der Waals surface area contributed by atoms with Crippen molar-refractivity contribution >= 4 is 34.7 Å². The second-order valence-corrected chi connectivity index (χ2v) is 9.15. The SMILES string of the molecule is CCn1c(Cc2cccs2)nnc1SCC(=O)Nc1c(C)n(C)n(-c2ccccc2)c1=O. The summed E-state index contributed by atoms with van der Waals surface area (Å²) >= 11 is 3.00. The van der Waals surface area contributed by atoms with Crippen LogP contribution in [0.1, 0.15) is 23.3 Å². The largest absolute Gasteiger partial charge is 0.319 e. The van der Waals surface area contributed by atoms with E-state index in [-0.39, 0.29) is 22.9 Å². The second kappa shape index (κ2) is 9.58. The van der Waals surface area contributed by atoms with E-state index in [0.717, 1.165) is 18.1 Å². The third kappa shape index (κ3) is 4.42. The average Bonchev–Trinajstić information content (AvgIpc) is 3.50. The molecule has 0 aliphatic carbocycles. The van der Waals surface area contributed by atoms with Crippen molar-refractivity contribution in [2.45, 2.75) is 32.0 Å². The fourth-order valence-corrected chi connectivity index (χ4v) is 4.98. The molecule has 0 radical (unpaired) electrons. The van der Waals surface area contributed by atoms with Gasteiger partial charge in [-0.1, -0.05) is 36.0 Å². The Balaban J connectivity index is 1.46. The number of carbonyl (C=O) groups is 1. The zero-order chi connectivity index (χ0) is 22.7. The van der Waals surface area contributed by atoms with Crippen LogP contribution in [0.3, 0.4) is 0 Å². The highest BCUT2D eigenvalue weighted by molar-refractivity contribution is 7.99. The van der Waals surface area contributed by atoms with Crippen molar-refractivity contribution in [3.63, 3.8) is 0 Å². The van der Waals surface area contributed by atoms with Gasteiger partial charge >= 0.3 is 0 Å². The van der Waals surface area contributed by atoms with E-state index >= 15 is 0 Å². The van der Waals surface area contributed by atoms with Crippen molar-refractivity contribution < 1.29 is 4.79 Å². The molecular weight excluding hydrogens is 444 g/mol. The van der Waals surface area contributed by atoms with Crippen LogP contribution in [-0.4, -0.2) is 35.8 Å². The molecule has 0 atom stereocenters. The van der Waals surface area contributed by atoms with Crippen LogP contribution in [0, 0.1) is 6.92 Å². The van der Waals surface area contributed by atoms with Crippen LogP contribution in [-0.2, 0) is 24.8 Å². The zero-order valence-electron chi connectivity index (χ0n) is 18.1. The number of aromatic nitrogens is 5. The molecule has 4 aromatic rings. The van der Waals surface area contributed by atoms with Crippen LogP contribution in [0.5, 0.6) is 0 Å². The first-order valence-corrected chi connectivity index (χ1v) is 12.1. The minimum atomic E-state index is -0.260. The van der Waals surface area contributed by atoms with E-state index < -0.39 is 0 Å². The number of benzene rings is 1. The molecule has 166 valence electrons. The lowest BCUT2D eigenvalue weighted by Crippen LogP contribution is -2.23. The number of para-hydroxylation sites is 1. The summed E-state index contributed by atoms with van der Waals surface area (Å²) < 4.78 is 5.31. The van der Waals surface area contributed by atoms with Crippen LogP contribution in [0.2, 0.25) is 0 Å². The molecule has 0 aliphatic heterocycles. The molecule has 0 bridgehead atoms. The van der Waals surface area contributed by atoms with Crippen molar-refractivity contribution in [1.29, 1.82) is 0 Å². The fraction of sp³-hybridized carbons (Fsp3) is 0.273. The molecule has 1 amide bonds. The maximum absolute atomic E-state index is 13.0. The molecule has 0 saturated heterocycles. The summed E-state index contributed by atoms with van der Waals surface area (Å²) in [4.78, 5) is 26.9. The van der Waals surface area contributed by atoms with Gasteiger partial charge in [0.25, 0.3) is 5.56 Å². The Morgan fingerprint density at radius 2 is 1.94 bits per heavy atom. The molecule has 4 rings (SSSR count). The monoisotopic (exact) mass is 468 g/mol. The molecule has 8 nitrogen and oxygen atoms in total. The Morgan fingerprint density at radius 3 is 2.62 bits per heavy atom. The van der Waals surface area contributed by atoms with Gasteiger partial charge in [0.05, 0.1) is 17.1 Å². The van der Waals surface area contributed by atoms with Gasteiger partial charge in [-0.3, -0.25) is 14.3 Å². The number of nitrogens with zero attached hydrogens (tertiary/aromatic N) is 5. The molecule has 1 N–H and O–H groups in total. The number of carbonyl (C=O) groups excluding carboxylic acids is 1.